The van der Waals surface area contributed by atoms with Crippen LogP contribution in [0, 0.1) is 0 Å². The van der Waals surface area contributed by atoms with Gasteiger partial charge in [-0.15, -0.1) is 0 Å². The molecule has 0 radical (unpaired) electrons. The third-order valence-corrected chi connectivity index (χ3v) is 3.48. The molecule has 2 aromatic carbocycles. The maximum atomic E-state index is 6.09. The summed E-state index contributed by atoms with van der Waals surface area (Å²) in [7, 11) is 0. The minimum absolute atomic E-state index is 0.489. The first-order chi connectivity index (χ1) is 8.58. The van der Waals surface area contributed by atoms with Crippen molar-refractivity contribution in [1.82, 2.24) is 0 Å². The third kappa shape index (κ3) is 3.02. The van der Waals surface area contributed by atoms with Gasteiger partial charge in [0.15, 0.2) is 0 Å². The van der Waals surface area contributed by atoms with Crippen LogP contribution in [0.15, 0.2) is 36.4 Å². The van der Waals surface area contributed by atoms with Crippen LogP contribution in [0.25, 0.3) is 0 Å². The van der Waals surface area contributed by atoms with Crippen LogP contribution in [0.3, 0.4) is 0 Å². The fraction of sp³-hybridized carbons (Fsp3) is 0.0769. The number of nitrogens with one attached hydrogen (secondary N) is 1. The molecule has 0 aliphatic rings. The fourth-order valence-corrected chi connectivity index (χ4v) is 2.27. The molecule has 0 unspecified atom stereocenters. The number of anilines is 2. The Bertz CT molecular complexity index is 550. The summed E-state index contributed by atoms with van der Waals surface area (Å²) in [5.74, 6) is 0. The summed E-state index contributed by atoms with van der Waals surface area (Å²) in [6.07, 6.45) is 0. The average molecular weight is 302 g/mol. The van der Waals surface area contributed by atoms with Crippen LogP contribution < -0.4 is 11.1 Å². The van der Waals surface area contributed by atoms with Gasteiger partial charge < -0.3 is 11.1 Å². The highest BCUT2D eigenvalue weighted by atomic mass is 35.5. The van der Waals surface area contributed by atoms with E-state index in [-0.39, 0.29) is 0 Å². The van der Waals surface area contributed by atoms with Gasteiger partial charge >= 0.3 is 0 Å². The Morgan fingerprint density at radius 1 is 1.00 bits per heavy atom. The maximum absolute atomic E-state index is 6.09. The molecule has 3 N–H and O–H groups in total. The van der Waals surface area contributed by atoms with Crippen molar-refractivity contribution in [2.75, 3.05) is 11.1 Å². The highest BCUT2D eigenvalue weighted by Gasteiger charge is 2.06. The lowest BCUT2D eigenvalue weighted by atomic mass is 10.2. The van der Waals surface area contributed by atoms with E-state index in [1.165, 1.54) is 0 Å². The Morgan fingerprint density at radius 3 is 2.33 bits per heavy atom. The molecule has 0 aromatic heterocycles. The topological polar surface area (TPSA) is 38.0 Å². The quantitative estimate of drug-likeness (QED) is 0.796. The molecule has 0 heterocycles. The summed E-state index contributed by atoms with van der Waals surface area (Å²) in [4.78, 5) is 0. The van der Waals surface area contributed by atoms with Gasteiger partial charge in [0.2, 0.25) is 0 Å². The zero-order chi connectivity index (χ0) is 13.1. The molecule has 0 fully saturated rings. The Kier molecular flexibility index (Phi) is 4.23. The van der Waals surface area contributed by atoms with Gasteiger partial charge in [0.25, 0.3) is 0 Å². The lowest BCUT2D eigenvalue weighted by Gasteiger charge is -2.12. The number of benzene rings is 2. The molecule has 0 saturated carbocycles. The van der Waals surface area contributed by atoms with E-state index in [4.69, 9.17) is 40.5 Å². The van der Waals surface area contributed by atoms with E-state index in [2.05, 4.69) is 5.32 Å². The molecular formula is C13H11Cl3N2. The van der Waals surface area contributed by atoms with Crippen molar-refractivity contribution in [2.45, 2.75) is 6.54 Å². The van der Waals surface area contributed by atoms with Crippen LogP contribution in [0.5, 0.6) is 0 Å². The molecule has 2 aromatic rings. The smallest absolute Gasteiger partial charge is 0.0591 e. The number of nitrogen functional groups attached to an aromatic ring is 1. The fourth-order valence-electron chi connectivity index (χ4n) is 1.57. The van der Waals surface area contributed by atoms with Crippen molar-refractivity contribution in [3.8, 4) is 0 Å². The number of hydrogen-bond acceptors (Lipinski definition) is 2. The molecular weight excluding hydrogens is 291 g/mol. The molecule has 94 valence electrons. The molecule has 0 atom stereocenters. The van der Waals surface area contributed by atoms with E-state index < -0.39 is 0 Å². The Hall–Kier alpha value is -1.09. The van der Waals surface area contributed by atoms with Crippen molar-refractivity contribution >= 4 is 46.2 Å². The first-order valence-electron chi connectivity index (χ1n) is 5.29. The summed E-state index contributed by atoms with van der Waals surface area (Å²) >= 11 is 18.1. The second-order valence-electron chi connectivity index (χ2n) is 3.79. The molecule has 0 amide bonds. The van der Waals surface area contributed by atoms with Gasteiger partial charge in [0.1, 0.15) is 0 Å². The van der Waals surface area contributed by atoms with Crippen LogP contribution in [0.2, 0.25) is 15.1 Å². The van der Waals surface area contributed by atoms with Crippen molar-refractivity contribution in [2.24, 2.45) is 0 Å². The number of nitrogens with two attached hydrogens (primary N) is 1. The number of rotatable bonds is 3. The zero-order valence-electron chi connectivity index (χ0n) is 9.38. The minimum Gasteiger partial charge on any atom is -0.397 e. The predicted molar refractivity (Wildman–Crippen MR) is 79.7 cm³/mol. The molecule has 0 saturated heterocycles. The maximum Gasteiger partial charge on any atom is 0.0591 e. The third-order valence-electron chi connectivity index (χ3n) is 2.53. The predicted octanol–water partition coefficient (Wildman–Crippen LogP) is 4.84. The molecule has 0 aliphatic heterocycles. The first-order valence-corrected chi connectivity index (χ1v) is 6.43. The van der Waals surface area contributed by atoms with Crippen LogP contribution in [-0.4, -0.2) is 0 Å². The van der Waals surface area contributed by atoms with E-state index in [0.29, 0.717) is 27.3 Å². The second kappa shape index (κ2) is 5.70. The Morgan fingerprint density at radius 2 is 1.67 bits per heavy atom. The summed E-state index contributed by atoms with van der Waals surface area (Å²) in [6.45, 7) is 0.489. The molecule has 2 nitrogen and oxygen atoms in total. The minimum atomic E-state index is 0.489. The van der Waals surface area contributed by atoms with E-state index in [1.54, 1.807) is 30.3 Å². The van der Waals surface area contributed by atoms with E-state index in [9.17, 15) is 0 Å². The van der Waals surface area contributed by atoms with Crippen LogP contribution in [-0.2, 0) is 6.54 Å². The highest BCUT2D eigenvalue weighted by molar-refractivity contribution is 6.36. The Balaban J connectivity index is 2.19. The first kappa shape index (κ1) is 13.3. The number of halogens is 3. The van der Waals surface area contributed by atoms with Crippen molar-refractivity contribution in [1.29, 1.82) is 0 Å². The van der Waals surface area contributed by atoms with Crippen molar-refractivity contribution < 1.29 is 0 Å². The summed E-state index contributed by atoms with van der Waals surface area (Å²) < 4.78 is 0. The Labute approximate surface area is 121 Å². The monoisotopic (exact) mass is 300 g/mol. The van der Waals surface area contributed by atoms with Gasteiger partial charge in [0, 0.05) is 27.2 Å². The van der Waals surface area contributed by atoms with Crippen molar-refractivity contribution in [3.05, 3.63) is 57.0 Å². The van der Waals surface area contributed by atoms with Gasteiger partial charge in [0.05, 0.1) is 11.4 Å². The normalized spacial score (nSPS) is 10.4. The molecule has 5 heteroatoms. The van der Waals surface area contributed by atoms with E-state index in [1.807, 2.05) is 6.07 Å². The van der Waals surface area contributed by atoms with Crippen LogP contribution in [0.4, 0.5) is 11.4 Å². The lowest BCUT2D eigenvalue weighted by molar-refractivity contribution is 1.15. The van der Waals surface area contributed by atoms with E-state index >= 15 is 0 Å². The van der Waals surface area contributed by atoms with Gasteiger partial charge in [-0.2, -0.15) is 0 Å². The largest absolute Gasteiger partial charge is 0.397 e. The summed E-state index contributed by atoms with van der Waals surface area (Å²) in [6, 6.07) is 10.7. The van der Waals surface area contributed by atoms with Gasteiger partial charge in [-0.3, -0.25) is 0 Å². The van der Waals surface area contributed by atoms with Crippen molar-refractivity contribution in [3.63, 3.8) is 0 Å². The van der Waals surface area contributed by atoms with Crippen LogP contribution >= 0.6 is 34.8 Å². The van der Waals surface area contributed by atoms with Gasteiger partial charge in [-0.1, -0.05) is 40.9 Å². The second-order valence-corrected chi connectivity index (χ2v) is 5.04. The van der Waals surface area contributed by atoms with Gasteiger partial charge in [-0.25, -0.2) is 0 Å². The molecule has 2 rings (SSSR count). The average Bonchev–Trinajstić information content (AvgIpc) is 2.33. The summed E-state index contributed by atoms with van der Waals surface area (Å²) in [5.41, 5.74) is 8.07. The van der Waals surface area contributed by atoms with Gasteiger partial charge in [-0.05, 0) is 30.3 Å². The zero-order valence-corrected chi connectivity index (χ0v) is 11.7. The SMILES string of the molecule is Nc1ccc(Cl)cc1NCc1c(Cl)cccc1Cl. The molecule has 0 spiro atoms. The standard InChI is InChI=1S/C13H11Cl3N2/c14-8-4-5-12(17)13(6-8)18-7-9-10(15)2-1-3-11(9)16/h1-6,18H,7,17H2. The van der Waals surface area contributed by atoms with Crippen LogP contribution in [0.1, 0.15) is 5.56 Å². The lowest BCUT2D eigenvalue weighted by Crippen LogP contribution is -2.03. The highest BCUT2D eigenvalue weighted by Crippen LogP contribution is 2.27. The molecule has 18 heavy (non-hydrogen) atoms. The summed E-state index contributed by atoms with van der Waals surface area (Å²) in [5, 5.41) is 5.04. The molecule has 0 bridgehead atoms. The molecule has 0 aliphatic carbocycles. The van der Waals surface area contributed by atoms with E-state index in [0.717, 1.165) is 11.3 Å². The number of hydrogen-bond donors (Lipinski definition) is 2.